The van der Waals surface area contributed by atoms with Crippen LogP contribution in [0.2, 0.25) is 5.02 Å². The first kappa shape index (κ1) is 21.3. The molecule has 0 saturated carbocycles. The summed E-state index contributed by atoms with van der Waals surface area (Å²) in [7, 11) is -3.67. The van der Waals surface area contributed by atoms with Gasteiger partial charge >= 0.3 is 0 Å². The predicted octanol–water partition coefficient (Wildman–Crippen LogP) is 4.26. The van der Waals surface area contributed by atoms with Crippen molar-refractivity contribution in [3.05, 3.63) is 58.6 Å². The second kappa shape index (κ2) is 8.76. The minimum absolute atomic E-state index is 0.383. The van der Waals surface area contributed by atoms with E-state index in [0.29, 0.717) is 10.7 Å². The number of nitrogens with zero attached hydrogens (tertiary/aromatic N) is 1. The Labute approximate surface area is 166 Å². The van der Waals surface area contributed by atoms with Gasteiger partial charge in [-0.05, 0) is 55.2 Å². The molecule has 2 aromatic rings. The molecule has 1 atom stereocenters. The predicted molar refractivity (Wildman–Crippen MR) is 112 cm³/mol. The molecule has 0 heterocycles. The summed E-state index contributed by atoms with van der Waals surface area (Å²) >= 11 is 5.90. The van der Waals surface area contributed by atoms with Gasteiger partial charge in [0.05, 0.1) is 11.9 Å². The van der Waals surface area contributed by atoms with Crippen LogP contribution in [0.15, 0.2) is 42.5 Å². The van der Waals surface area contributed by atoms with Gasteiger partial charge in [-0.2, -0.15) is 0 Å². The molecule has 0 bridgehead atoms. The summed E-state index contributed by atoms with van der Waals surface area (Å²) in [5.41, 5.74) is 3.20. The Morgan fingerprint density at radius 3 is 2.04 bits per heavy atom. The van der Waals surface area contributed by atoms with Crippen molar-refractivity contribution < 1.29 is 13.2 Å². The summed E-state index contributed by atoms with van der Waals surface area (Å²) < 4.78 is 25.9. The largest absolute Gasteiger partial charge is 0.324 e. The maximum absolute atomic E-state index is 12.9. The molecule has 7 heteroatoms. The van der Waals surface area contributed by atoms with E-state index in [1.807, 2.05) is 32.0 Å². The fourth-order valence-corrected chi connectivity index (χ4v) is 4.33. The molecule has 0 radical (unpaired) electrons. The first-order valence-electron chi connectivity index (χ1n) is 8.85. The lowest BCUT2D eigenvalue weighted by molar-refractivity contribution is -0.116. The number of hydrogen-bond acceptors (Lipinski definition) is 3. The highest BCUT2D eigenvalue weighted by Gasteiger charge is 2.29. The normalized spacial score (nSPS) is 12.5. The summed E-state index contributed by atoms with van der Waals surface area (Å²) in [6.45, 7) is 5.61. The quantitative estimate of drug-likeness (QED) is 0.744. The number of anilines is 2. The number of nitrogens with one attached hydrogen (secondary N) is 1. The second-order valence-electron chi connectivity index (χ2n) is 6.36. The fourth-order valence-electron chi connectivity index (χ4n) is 3.03. The average molecular weight is 409 g/mol. The first-order chi connectivity index (χ1) is 12.7. The van der Waals surface area contributed by atoms with Crippen molar-refractivity contribution in [1.29, 1.82) is 0 Å². The number of halogens is 1. The van der Waals surface area contributed by atoms with E-state index in [9.17, 15) is 13.2 Å². The van der Waals surface area contributed by atoms with Gasteiger partial charge in [-0.15, -0.1) is 0 Å². The van der Waals surface area contributed by atoms with Gasteiger partial charge in [0, 0.05) is 10.7 Å². The molecular weight excluding hydrogens is 384 g/mol. The van der Waals surface area contributed by atoms with E-state index in [-0.39, 0.29) is 5.91 Å². The highest BCUT2D eigenvalue weighted by atomic mass is 35.5. The van der Waals surface area contributed by atoms with E-state index in [1.54, 1.807) is 31.2 Å². The van der Waals surface area contributed by atoms with Gasteiger partial charge in [0.25, 0.3) is 0 Å². The molecule has 27 heavy (non-hydrogen) atoms. The number of benzene rings is 2. The van der Waals surface area contributed by atoms with Crippen molar-refractivity contribution in [2.75, 3.05) is 15.9 Å². The Balaban J connectivity index is 2.38. The van der Waals surface area contributed by atoms with Gasteiger partial charge in [0.15, 0.2) is 0 Å². The third-order valence-electron chi connectivity index (χ3n) is 4.42. The maximum atomic E-state index is 12.9. The molecule has 0 saturated heterocycles. The van der Waals surface area contributed by atoms with Crippen LogP contribution in [0.3, 0.4) is 0 Å². The molecule has 0 fully saturated rings. The monoisotopic (exact) mass is 408 g/mol. The third kappa shape index (κ3) is 5.02. The van der Waals surface area contributed by atoms with E-state index in [1.165, 1.54) is 0 Å². The molecule has 0 unspecified atom stereocenters. The highest BCUT2D eigenvalue weighted by molar-refractivity contribution is 7.92. The summed E-state index contributed by atoms with van der Waals surface area (Å²) in [5, 5.41) is 3.44. The van der Waals surface area contributed by atoms with Crippen LogP contribution in [0.25, 0.3) is 0 Å². The molecule has 146 valence electrons. The molecule has 1 N–H and O–H groups in total. The number of aryl methyl sites for hydroxylation is 2. The van der Waals surface area contributed by atoms with Crippen LogP contribution in [0.5, 0.6) is 0 Å². The van der Waals surface area contributed by atoms with Crippen molar-refractivity contribution in [2.45, 2.75) is 39.7 Å². The van der Waals surface area contributed by atoms with Crippen LogP contribution < -0.4 is 9.62 Å². The van der Waals surface area contributed by atoms with E-state index in [2.05, 4.69) is 5.32 Å². The number of rotatable bonds is 7. The zero-order valence-electron chi connectivity index (χ0n) is 16.0. The number of amides is 1. The van der Waals surface area contributed by atoms with E-state index in [0.717, 1.165) is 40.2 Å². The number of para-hydroxylation sites is 1. The summed E-state index contributed by atoms with van der Waals surface area (Å²) in [5.74, 6) is -0.383. The Kier molecular flexibility index (Phi) is 6.89. The molecule has 5 nitrogen and oxygen atoms in total. The van der Waals surface area contributed by atoms with Gasteiger partial charge in [0.2, 0.25) is 15.9 Å². The minimum atomic E-state index is -3.67. The molecule has 2 aromatic carbocycles. The second-order valence-corrected chi connectivity index (χ2v) is 8.65. The van der Waals surface area contributed by atoms with Crippen LogP contribution in [0, 0.1) is 0 Å². The van der Waals surface area contributed by atoms with Crippen molar-refractivity contribution in [3.63, 3.8) is 0 Å². The number of hydrogen-bond donors (Lipinski definition) is 1. The van der Waals surface area contributed by atoms with Gasteiger partial charge in [-0.25, -0.2) is 8.42 Å². The van der Waals surface area contributed by atoms with E-state index < -0.39 is 16.1 Å². The smallest absolute Gasteiger partial charge is 0.248 e. The molecule has 0 aliphatic heterocycles. The lowest BCUT2D eigenvalue weighted by Gasteiger charge is -2.29. The number of sulfonamides is 1. The van der Waals surface area contributed by atoms with Crippen molar-refractivity contribution in [3.8, 4) is 0 Å². The third-order valence-corrected chi connectivity index (χ3v) is 5.91. The summed E-state index contributed by atoms with van der Waals surface area (Å²) in [6, 6.07) is 11.3. The molecule has 0 aliphatic carbocycles. The van der Waals surface area contributed by atoms with Crippen LogP contribution in [-0.2, 0) is 27.7 Å². The van der Waals surface area contributed by atoms with Crippen molar-refractivity contribution in [1.82, 2.24) is 0 Å². The summed E-state index contributed by atoms with van der Waals surface area (Å²) in [6.07, 6.45) is 2.62. The Morgan fingerprint density at radius 2 is 1.59 bits per heavy atom. The van der Waals surface area contributed by atoms with Gasteiger partial charge in [-0.3, -0.25) is 9.10 Å². The van der Waals surface area contributed by atoms with Crippen LogP contribution in [0.1, 0.15) is 31.9 Å². The van der Waals surface area contributed by atoms with E-state index >= 15 is 0 Å². The van der Waals surface area contributed by atoms with Gasteiger partial charge in [-0.1, -0.05) is 43.6 Å². The van der Waals surface area contributed by atoms with Crippen molar-refractivity contribution >= 4 is 38.9 Å². The Morgan fingerprint density at radius 1 is 1.07 bits per heavy atom. The lowest BCUT2D eigenvalue weighted by Crippen LogP contribution is -2.45. The van der Waals surface area contributed by atoms with Crippen molar-refractivity contribution in [2.24, 2.45) is 0 Å². The van der Waals surface area contributed by atoms with Gasteiger partial charge in [0.1, 0.15) is 6.04 Å². The number of carbonyl (C=O) groups excluding carboxylic acids is 1. The maximum Gasteiger partial charge on any atom is 0.248 e. The fraction of sp³-hybridized carbons (Fsp3) is 0.350. The van der Waals surface area contributed by atoms with Crippen LogP contribution >= 0.6 is 11.6 Å². The zero-order chi connectivity index (χ0) is 20.2. The molecular formula is C20H25ClN2O3S. The van der Waals surface area contributed by atoms with Crippen LogP contribution in [-0.4, -0.2) is 26.6 Å². The first-order valence-corrected chi connectivity index (χ1v) is 11.1. The molecule has 0 aliphatic rings. The molecule has 1 amide bonds. The molecule has 0 aromatic heterocycles. The zero-order valence-corrected chi connectivity index (χ0v) is 17.6. The standard InChI is InChI=1S/C20H25ClN2O3S/c1-5-15-8-7-9-16(6-2)19(15)22-20(24)14(3)23(27(4,25)26)18-12-10-17(21)11-13-18/h7-14H,5-6H2,1-4H3,(H,22,24)/t14-/m0/s1. The molecule has 0 spiro atoms. The average Bonchev–Trinajstić information content (AvgIpc) is 2.62. The SMILES string of the molecule is CCc1cccc(CC)c1NC(=O)[C@H](C)N(c1ccc(Cl)cc1)S(C)(=O)=O. The topological polar surface area (TPSA) is 66.5 Å². The summed E-state index contributed by atoms with van der Waals surface area (Å²) in [4.78, 5) is 12.9. The van der Waals surface area contributed by atoms with Gasteiger partial charge < -0.3 is 5.32 Å². The minimum Gasteiger partial charge on any atom is -0.324 e. The number of carbonyl (C=O) groups is 1. The highest BCUT2D eigenvalue weighted by Crippen LogP contribution is 2.26. The van der Waals surface area contributed by atoms with Crippen LogP contribution in [0.4, 0.5) is 11.4 Å². The lowest BCUT2D eigenvalue weighted by atomic mass is 10.0. The van der Waals surface area contributed by atoms with E-state index in [4.69, 9.17) is 11.6 Å². The Bertz CT molecular complexity index is 889. The molecule has 2 rings (SSSR count). The Hall–Kier alpha value is -2.05.